The molecule has 0 aliphatic rings. The first-order valence-corrected chi connectivity index (χ1v) is 7.32. The fraction of sp³-hybridized carbons (Fsp3) is 0.316. The van der Waals surface area contributed by atoms with Crippen LogP contribution in [0.4, 0.5) is 0 Å². The smallest absolute Gasteiger partial charge is 0.179 e. The molecule has 0 aliphatic carbocycles. The van der Waals surface area contributed by atoms with Crippen LogP contribution in [0.5, 0.6) is 0 Å². The Hall–Kier alpha value is -1.93. The van der Waals surface area contributed by atoms with Crippen LogP contribution < -0.4 is 5.73 Å². The standard InChI is InChI=1S/C19H23NO/c1-19(2,3)16-11-9-15(10-12-16)18(21)17(20)13-14-7-5-4-6-8-14/h4-12,17H,13,20H2,1-3H3/t17-/m0/s1. The van der Waals surface area contributed by atoms with Gasteiger partial charge in [-0.15, -0.1) is 0 Å². The number of rotatable bonds is 4. The van der Waals surface area contributed by atoms with Gasteiger partial charge in [-0.3, -0.25) is 4.79 Å². The van der Waals surface area contributed by atoms with E-state index in [-0.39, 0.29) is 11.2 Å². The zero-order valence-corrected chi connectivity index (χ0v) is 13.0. The minimum Gasteiger partial charge on any atom is -0.321 e. The summed E-state index contributed by atoms with van der Waals surface area (Å²) in [5.74, 6) is -0.000637. The predicted molar refractivity (Wildman–Crippen MR) is 87.6 cm³/mol. The Bertz CT molecular complexity index is 594. The maximum absolute atomic E-state index is 12.4. The first-order valence-electron chi connectivity index (χ1n) is 7.32. The number of carbonyl (C=O) groups is 1. The number of hydrogen-bond acceptors (Lipinski definition) is 2. The van der Waals surface area contributed by atoms with Crippen molar-refractivity contribution in [2.45, 2.75) is 38.6 Å². The molecule has 0 bridgehead atoms. The van der Waals surface area contributed by atoms with E-state index in [0.717, 1.165) is 5.56 Å². The van der Waals surface area contributed by atoms with Crippen LogP contribution in [-0.2, 0) is 11.8 Å². The number of ketones is 1. The molecular weight excluding hydrogens is 258 g/mol. The van der Waals surface area contributed by atoms with E-state index >= 15 is 0 Å². The van der Waals surface area contributed by atoms with Gasteiger partial charge in [-0.2, -0.15) is 0 Å². The van der Waals surface area contributed by atoms with Gasteiger partial charge in [-0.1, -0.05) is 75.4 Å². The molecule has 2 heteroatoms. The number of nitrogens with two attached hydrogens (primary N) is 1. The lowest BCUT2D eigenvalue weighted by Gasteiger charge is -2.19. The fourth-order valence-electron chi connectivity index (χ4n) is 2.31. The van der Waals surface area contributed by atoms with Crippen LogP contribution in [0.25, 0.3) is 0 Å². The zero-order valence-electron chi connectivity index (χ0n) is 13.0. The minimum atomic E-state index is -0.493. The average molecular weight is 281 g/mol. The molecule has 2 aromatic rings. The van der Waals surface area contributed by atoms with Gasteiger partial charge in [0.2, 0.25) is 0 Å². The Kier molecular flexibility index (Phi) is 4.59. The van der Waals surface area contributed by atoms with Crippen LogP contribution >= 0.6 is 0 Å². The Morgan fingerprint density at radius 2 is 1.57 bits per heavy atom. The number of carbonyl (C=O) groups excluding carboxylic acids is 1. The van der Waals surface area contributed by atoms with Crippen molar-refractivity contribution in [2.75, 3.05) is 0 Å². The maximum Gasteiger partial charge on any atom is 0.179 e. The number of benzene rings is 2. The number of Topliss-reactive ketones (excluding diaryl/α,β-unsaturated/α-hetero) is 1. The molecule has 0 aromatic heterocycles. The normalized spacial score (nSPS) is 13.0. The molecule has 2 nitrogen and oxygen atoms in total. The van der Waals surface area contributed by atoms with Gasteiger partial charge in [0.05, 0.1) is 6.04 Å². The topological polar surface area (TPSA) is 43.1 Å². The van der Waals surface area contributed by atoms with Crippen molar-refractivity contribution in [3.63, 3.8) is 0 Å². The van der Waals surface area contributed by atoms with Crippen molar-refractivity contribution >= 4 is 5.78 Å². The molecule has 1 atom stereocenters. The van der Waals surface area contributed by atoms with E-state index < -0.39 is 6.04 Å². The molecule has 2 aromatic carbocycles. The van der Waals surface area contributed by atoms with Gasteiger partial charge < -0.3 is 5.73 Å². The highest BCUT2D eigenvalue weighted by Gasteiger charge is 2.18. The van der Waals surface area contributed by atoms with E-state index in [2.05, 4.69) is 20.8 Å². The van der Waals surface area contributed by atoms with Gasteiger partial charge in [-0.05, 0) is 23.0 Å². The third kappa shape index (κ3) is 4.02. The second-order valence-corrected chi connectivity index (χ2v) is 6.49. The molecule has 0 unspecified atom stereocenters. The second-order valence-electron chi connectivity index (χ2n) is 6.49. The van der Waals surface area contributed by atoms with Gasteiger partial charge in [0.15, 0.2) is 5.78 Å². The molecular formula is C19H23NO. The molecule has 0 heterocycles. The predicted octanol–water partition coefficient (Wildman–Crippen LogP) is 3.74. The molecule has 0 aliphatic heterocycles. The Balaban J connectivity index is 2.09. The summed E-state index contributed by atoms with van der Waals surface area (Å²) in [5.41, 5.74) is 9.14. The molecule has 21 heavy (non-hydrogen) atoms. The molecule has 0 spiro atoms. The quantitative estimate of drug-likeness (QED) is 0.868. The minimum absolute atomic E-state index is 0.000637. The summed E-state index contributed by atoms with van der Waals surface area (Å²) in [6.45, 7) is 6.47. The first-order chi connectivity index (χ1) is 9.88. The van der Waals surface area contributed by atoms with E-state index in [0.29, 0.717) is 12.0 Å². The van der Waals surface area contributed by atoms with Crippen molar-refractivity contribution < 1.29 is 4.79 Å². The Morgan fingerprint density at radius 1 is 1.00 bits per heavy atom. The molecule has 0 saturated heterocycles. The average Bonchev–Trinajstić information content (AvgIpc) is 2.46. The molecule has 0 amide bonds. The largest absolute Gasteiger partial charge is 0.321 e. The zero-order chi connectivity index (χ0) is 15.5. The van der Waals surface area contributed by atoms with Crippen molar-refractivity contribution in [1.82, 2.24) is 0 Å². The summed E-state index contributed by atoms with van der Waals surface area (Å²) in [5, 5.41) is 0. The lowest BCUT2D eigenvalue weighted by molar-refractivity contribution is 0.0961. The molecule has 0 fully saturated rings. The fourth-order valence-corrected chi connectivity index (χ4v) is 2.31. The summed E-state index contributed by atoms with van der Waals surface area (Å²) in [6.07, 6.45) is 0.570. The van der Waals surface area contributed by atoms with Crippen LogP contribution in [0, 0.1) is 0 Å². The van der Waals surface area contributed by atoms with Crippen LogP contribution in [0.2, 0.25) is 0 Å². The lowest BCUT2D eigenvalue weighted by Crippen LogP contribution is -2.32. The van der Waals surface area contributed by atoms with Crippen molar-refractivity contribution in [3.8, 4) is 0 Å². The number of hydrogen-bond donors (Lipinski definition) is 1. The van der Waals surface area contributed by atoms with Crippen molar-refractivity contribution in [2.24, 2.45) is 5.73 Å². The van der Waals surface area contributed by atoms with Gasteiger partial charge in [0, 0.05) is 5.56 Å². The summed E-state index contributed by atoms with van der Waals surface area (Å²) >= 11 is 0. The third-order valence-electron chi connectivity index (χ3n) is 3.67. The van der Waals surface area contributed by atoms with E-state index in [1.807, 2.05) is 54.6 Å². The van der Waals surface area contributed by atoms with Crippen LogP contribution in [0.15, 0.2) is 54.6 Å². The summed E-state index contributed by atoms with van der Waals surface area (Å²) in [6, 6.07) is 17.2. The Morgan fingerprint density at radius 3 is 2.10 bits per heavy atom. The van der Waals surface area contributed by atoms with Crippen molar-refractivity contribution in [3.05, 3.63) is 71.3 Å². The van der Waals surface area contributed by atoms with Crippen molar-refractivity contribution in [1.29, 1.82) is 0 Å². The third-order valence-corrected chi connectivity index (χ3v) is 3.67. The van der Waals surface area contributed by atoms with Crippen LogP contribution in [-0.4, -0.2) is 11.8 Å². The maximum atomic E-state index is 12.4. The van der Waals surface area contributed by atoms with Gasteiger partial charge in [0.1, 0.15) is 0 Å². The molecule has 110 valence electrons. The van der Waals surface area contributed by atoms with E-state index in [9.17, 15) is 4.79 Å². The monoisotopic (exact) mass is 281 g/mol. The summed E-state index contributed by atoms with van der Waals surface area (Å²) in [4.78, 5) is 12.4. The van der Waals surface area contributed by atoms with Gasteiger partial charge in [-0.25, -0.2) is 0 Å². The second kappa shape index (κ2) is 6.23. The van der Waals surface area contributed by atoms with Crippen LogP contribution in [0.1, 0.15) is 42.3 Å². The van der Waals surface area contributed by atoms with Gasteiger partial charge >= 0.3 is 0 Å². The highest BCUT2D eigenvalue weighted by Crippen LogP contribution is 2.22. The molecule has 2 rings (SSSR count). The molecule has 0 radical (unpaired) electrons. The summed E-state index contributed by atoms with van der Waals surface area (Å²) in [7, 11) is 0. The Labute approximate surface area is 127 Å². The first kappa shape index (κ1) is 15.5. The van der Waals surface area contributed by atoms with E-state index in [1.54, 1.807) is 0 Å². The van der Waals surface area contributed by atoms with E-state index in [1.165, 1.54) is 5.56 Å². The lowest BCUT2D eigenvalue weighted by atomic mass is 9.86. The van der Waals surface area contributed by atoms with Gasteiger partial charge in [0.25, 0.3) is 0 Å². The highest BCUT2D eigenvalue weighted by atomic mass is 16.1. The summed E-state index contributed by atoms with van der Waals surface area (Å²) < 4.78 is 0. The van der Waals surface area contributed by atoms with Crippen LogP contribution in [0.3, 0.4) is 0 Å². The van der Waals surface area contributed by atoms with E-state index in [4.69, 9.17) is 5.73 Å². The molecule has 0 saturated carbocycles. The highest BCUT2D eigenvalue weighted by molar-refractivity contribution is 6.00. The SMILES string of the molecule is CC(C)(C)c1ccc(C(=O)[C@@H](N)Cc2ccccc2)cc1. The molecule has 2 N–H and O–H groups in total.